The number of amides is 1. The number of carbonyl (C=O) groups is 1. The minimum Gasteiger partial charge on any atom is -0.468 e. The fourth-order valence-electron chi connectivity index (χ4n) is 3.64. The molecule has 1 amide bonds. The van der Waals surface area contributed by atoms with E-state index in [4.69, 9.17) is 8.83 Å². The molecule has 2 aromatic carbocycles. The van der Waals surface area contributed by atoms with Crippen LogP contribution in [0.4, 0.5) is 0 Å². The molecule has 4 rings (SSSR count). The summed E-state index contributed by atoms with van der Waals surface area (Å²) >= 11 is 0. The standard InChI is InChI=1S/C26H26N2O3/c29-26(20-28(18-23-13-7-15-30-23)19-24-14-8-16-31-24)27-25(22-11-5-2-6-12-22)17-21-9-3-1-4-10-21/h1-16,25H,17-20H2,(H,27,29). The highest BCUT2D eigenvalue weighted by molar-refractivity contribution is 5.78. The molecule has 31 heavy (non-hydrogen) atoms. The zero-order valence-electron chi connectivity index (χ0n) is 17.3. The molecule has 0 bridgehead atoms. The highest BCUT2D eigenvalue weighted by Crippen LogP contribution is 2.19. The molecule has 0 aliphatic carbocycles. The van der Waals surface area contributed by atoms with E-state index in [1.807, 2.05) is 65.6 Å². The van der Waals surface area contributed by atoms with Gasteiger partial charge in [-0.2, -0.15) is 0 Å². The summed E-state index contributed by atoms with van der Waals surface area (Å²) in [6.45, 7) is 1.28. The van der Waals surface area contributed by atoms with E-state index in [2.05, 4.69) is 29.6 Å². The molecule has 0 radical (unpaired) electrons. The van der Waals surface area contributed by atoms with Gasteiger partial charge in [-0.05, 0) is 41.8 Å². The lowest BCUT2D eigenvalue weighted by Gasteiger charge is -2.23. The van der Waals surface area contributed by atoms with Crippen LogP contribution in [0.15, 0.2) is 106 Å². The van der Waals surface area contributed by atoms with E-state index in [1.165, 1.54) is 5.56 Å². The Bertz CT molecular complexity index is 993. The molecule has 1 unspecified atom stereocenters. The Labute approximate surface area is 182 Å². The van der Waals surface area contributed by atoms with Gasteiger partial charge in [0.05, 0.1) is 38.2 Å². The number of nitrogens with zero attached hydrogens (tertiary/aromatic N) is 1. The Morgan fingerprint density at radius 3 is 1.90 bits per heavy atom. The average molecular weight is 415 g/mol. The molecule has 5 heteroatoms. The summed E-state index contributed by atoms with van der Waals surface area (Å²) in [5, 5.41) is 3.23. The largest absolute Gasteiger partial charge is 0.468 e. The molecule has 2 heterocycles. The van der Waals surface area contributed by atoms with Gasteiger partial charge in [0.15, 0.2) is 0 Å². The number of carbonyl (C=O) groups excluding carboxylic acids is 1. The first-order chi connectivity index (χ1) is 15.3. The summed E-state index contributed by atoms with van der Waals surface area (Å²) < 4.78 is 11.0. The molecule has 0 saturated heterocycles. The summed E-state index contributed by atoms with van der Waals surface area (Å²) in [7, 11) is 0. The van der Waals surface area contributed by atoms with Crippen molar-refractivity contribution in [3.8, 4) is 0 Å². The number of nitrogens with one attached hydrogen (secondary N) is 1. The van der Waals surface area contributed by atoms with Crippen molar-refractivity contribution in [1.29, 1.82) is 0 Å². The topological polar surface area (TPSA) is 58.6 Å². The normalized spacial score (nSPS) is 12.0. The third-order valence-electron chi connectivity index (χ3n) is 5.11. The quantitative estimate of drug-likeness (QED) is 0.398. The maximum absolute atomic E-state index is 13.1. The number of hydrogen-bond donors (Lipinski definition) is 1. The van der Waals surface area contributed by atoms with Crippen molar-refractivity contribution in [1.82, 2.24) is 10.2 Å². The smallest absolute Gasteiger partial charge is 0.234 e. The van der Waals surface area contributed by atoms with E-state index >= 15 is 0 Å². The summed E-state index contributed by atoms with van der Waals surface area (Å²) in [5.41, 5.74) is 2.27. The van der Waals surface area contributed by atoms with Crippen LogP contribution in [0, 0.1) is 0 Å². The first-order valence-corrected chi connectivity index (χ1v) is 10.4. The first kappa shape index (κ1) is 20.7. The van der Waals surface area contributed by atoms with Gasteiger partial charge in [-0.15, -0.1) is 0 Å². The summed E-state index contributed by atoms with van der Waals surface area (Å²) in [5.74, 6) is 1.58. The van der Waals surface area contributed by atoms with E-state index in [1.54, 1.807) is 12.5 Å². The number of benzene rings is 2. The molecular formula is C26H26N2O3. The van der Waals surface area contributed by atoms with Crippen molar-refractivity contribution in [3.05, 3.63) is 120 Å². The number of furan rings is 2. The van der Waals surface area contributed by atoms with Gasteiger partial charge in [0.25, 0.3) is 0 Å². The van der Waals surface area contributed by atoms with E-state index < -0.39 is 0 Å². The SMILES string of the molecule is O=C(CN(Cc1ccco1)Cc1ccco1)NC(Cc1ccccc1)c1ccccc1. The third-order valence-corrected chi connectivity index (χ3v) is 5.11. The second kappa shape index (κ2) is 10.5. The van der Waals surface area contributed by atoms with Gasteiger partial charge in [-0.25, -0.2) is 0 Å². The Kier molecular flexibility index (Phi) is 6.98. The number of hydrogen-bond acceptors (Lipinski definition) is 4. The molecule has 0 aliphatic heterocycles. The molecule has 2 aromatic heterocycles. The van der Waals surface area contributed by atoms with Gasteiger partial charge in [0, 0.05) is 0 Å². The second-order valence-electron chi connectivity index (χ2n) is 7.52. The van der Waals surface area contributed by atoms with Gasteiger partial charge >= 0.3 is 0 Å². The van der Waals surface area contributed by atoms with Gasteiger partial charge in [0.1, 0.15) is 11.5 Å². The minimum absolute atomic E-state index is 0.0390. The average Bonchev–Trinajstić information content (AvgIpc) is 3.49. The fraction of sp³-hybridized carbons (Fsp3) is 0.192. The van der Waals surface area contributed by atoms with Crippen molar-refractivity contribution in [3.63, 3.8) is 0 Å². The molecular weight excluding hydrogens is 388 g/mol. The Morgan fingerprint density at radius 1 is 0.774 bits per heavy atom. The van der Waals surface area contributed by atoms with Crippen LogP contribution in [0.25, 0.3) is 0 Å². The lowest BCUT2D eigenvalue weighted by atomic mass is 9.99. The van der Waals surface area contributed by atoms with Crippen LogP contribution in [0.3, 0.4) is 0 Å². The molecule has 1 N–H and O–H groups in total. The molecule has 1 atom stereocenters. The fourth-order valence-corrected chi connectivity index (χ4v) is 3.64. The van der Waals surface area contributed by atoms with Crippen LogP contribution in [-0.4, -0.2) is 17.4 Å². The minimum atomic E-state index is -0.106. The van der Waals surface area contributed by atoms with Crippen molar-refractivity contribution in [2.45, 2.75) is 25.6 Å². The Morgan fingerprint density at radius 2 is 1.35 bits per heavy atom. The Balaban J connectivity index is 1.46. The molecule has 5 nitrogen and oxygen atoms in total. The van der Waals surface area contributed by atoms with E-state index in [-0.39, 0.29) is 18.5 Å². The molecule has 0 spiro atoms. The van der Waals surface area contributed by atoms with Gasteiger partial charge in [0.2, 0.25) is 5.91 Å². The monoisotopic (exact) mass is 414 g/mol. The van der Waals surface area contributed by atoms with E-state index in [0.29, 0.717) is 13.1 Å². The highest BCUT2D eigenvalue weighted by atomic mass is 16.3. The first-order valence-electron chi connectivity index (χ1n) is 10.4. The summed E-state index contributed by atoms with van der Waals surface area (Å²) in [4.78, 5) is 15.1. The Hall–Kier alpha value is -3.57. The predicted octanol–water partition coefficient (Wildman–Crippen LogP) is 4.98. The van der Waals surface area contributed by atoms with Gasteiger partial charge in [-0.1, -0.05) is 60.7 Å². The predicted molar refractivity (Wildman–Crippen MR) is 119 cm³/mol. The highest BCUT2D eigenvalue weighted by Gasteiger charge is 2.19. The van der Waals surface area contributed by atoms with Crippen LogP contribution in [0.5, 0.6) is 0 Å². The van der Waals surface area contributed by atoms with E-state index in [0.717, 1.165) is 23.5 Å². The zero-order valence-corrected chi connectivity index (χ0v) is 17.3. The maximum Gasteiger partial charge on any atom is 0.234 e. The zero-order chi connectivity index (χ0) is 21.3. The van der Waals surface area contributed by atoms with Crippen molar-refractivity contribution in [2.75, 3.05) is 6.54 Å². The molecule has 0 fully saturated rings. The molecule has 158 valence electrons. The summed E-state index contributed by atoms with van der Waals surface area (Å²) in [6, 6.07) is 27.7. The van der Waals surface area contributed by atoms with Crippen molar-refractivity contribution in [2.24, 2.45) is 0 Å². The summed E-state index contributed by atoms with van der Waals surface area (Å²) in [6.07, 6.45) is 4.02. The second-order valence-corrected chi connectivity index (χ2v) is 7.52. The van der Waals surface area contributed by atoms with Crippen molar-refractivity contribution >= 4 is 5.91 Å². The van der Waals surface area contributed by atoms with Crippen LogP contribution < -0.4 is 5.32 Å². The lowest BCUT2D eigenvalue weighted by Crippen LogP contribution is -2.39. The maximum atomic E-state index is 13.1. The third kappa shape index (κ3) is 6.20. The molecule has 4 aromatic rings. The van der Waals surface area contributed by atoms with Crippen molar-refractivity contribution < 1.29 is 13.6 Å². The molecule has 0 saturated carbocycles. The lowest BCUT2D eigenvalue weighted by molar-refractivity contribution is -0.123. The molecule has 0 aliphatic rings. The number of rotatable bonds is 10. The van der Waals surface area contributed by atoms with Crippen LogP contribution in [-0.2, 0) is 24.3 Å². The van der Waals surface area contributed by atoms with Crippen LogP contribution in [0.2, 0.25) is 0 Å². The van der Waals surface area contributed by atoms with Crippen LogP contribution in [0.1, 0.15) is 28.7 Å². The van der Waals surface area contributed by atoms with E-state index in [9.17, 15) is 4.79 Å². The van der Waals surface area contributed by atoms with Gasteiger partial charge < -0.3 is 14.2 Å². The van der Waals surface area contributed by atoms with Crippen LogP contribution >= 0.6 is 0 Å². The van der Waals surface area contributed by atoms with Gasteiger partial charge in [-0.3, -0.25) is 9.69 Å².